The minimum atomic E-state index is -4.99. The summed E-state index contributed by atoms with van der Waals surface area (Å²) in [5.41, 5.74) is 3.73. The average molecular weight is 261 g/mol. The molecule has 6 nitrogen and oxygen atoms in total. The maximum absolute atomic E-state index is 12.0. The van der Waals surface area contributed by atoms with Gasteiger partial charge in [0.25, 0.3) is 0 Å². The number of halogens is 3. The van der Waals surface area contributed by atoms with Crippen LogP contribution >= 0.6 is 0 Å². The van der Waals surface area contributed by atoms with Crippen LogP contribution in [0.15, 0.2) is 6.20 Å². The number of anilines is 1. The number of hydrogen-bond donors (Lipinski definition) is 1. The maximum atomic E-state index is 12.0. The third-order valence-corrected chi connectivity index (χ3v) is 1.80. The minimum Gasteiger partial charge on any atom is -0.464 e. The molecule has 0 spiro atoms. The number of nitrogen functional groups attached to an aromatic ring is 1. The summed E-state index contributed by atoms with van der Waals surface area (Å²) in [4.78, 5) is 14.5. The lowest BCUT2D eigenvalue weighted by molar-refractivity contribution is -0.274. The number of nitrogens with zero attached hydrogens (tertiary/aromatic N) is 2. The zero-order valence-corrected chi connectivity index (χ0v) is 8.91. The first-order valence-corrected chi connectivity index (χ1v) is 4.32. The van der Waals surface area contributed by atoms with Gasteiger partial charge in [0.15, 0.2) is 11.4 Å². The number of hydrogen-bond acceptors (Lipinski definition) is 6. The van der Waals surface area contributed by atoms with Gasteiger partial charge in [0.05, 0.1) is 19.0 Å². The van der Waals surface area contributed by atoms with Gasteiger partial charge in [-0.15, -0.1) is 13.2 Å². The van der Waals surface area contributed by atoms with Crippen LogP contribution in [-0.4, -0.2) is 24.4 Å². The van der Waals surface area contributed by atoms with Crippen LogP contribution in [0.3, 0.4) is 0 Å². The highest BCUT2D eigenvalue weighted by molar-refractivity contribution is 5.94. The summed E-state index contributed by atoms with van der Waals surface area (Å²) in [5.74, 6) is -1.85. The number of ether oxygens (including phenoxy) is 2. The van der Waals surface area contributed by atoms with Crippen molar-refractivity contribution in [1.29, 1.82) is 5.26 Å². The van der Waals surface area contributed by atoms with E-state index in [9.17, 15) is 18.0 Å². The Bertz CT molecular complexity index is 522. The molecule has 0 atom stereocenters. The topological polar surface area (TPSA) is 98.2 Å². The molecular formula is C9H6F3N3O3. The smallest absolute Gasteiger partial charge is 0.464 e. The fourth-order valence-electron chi connectivity index (χ4n) is 1.09. The first-order chi connectivity index (χ1) is 8.30. The highest BCUT2D eigenvalue weighted by Crippen LogP contribution is 2.30. The molecule has 0 aliphatic heterocycles. The summed E-state index contributed by atoms with van der Waals surface area (Å²) in [5, 5.41) is 8.72. The molecule has 0 aliphatic rings. The van der Waals surface area contributed by atoms with E-state index >= 15 is 0 Å². The van der Waals surface area contributed by atoms with Crippen LogP contribution < -0.4 is 10.5 Å². The van der Waals surface area contributed by atoms with Crippen molar-refractivity contribution in [3.8, 4) is 11.8 Å². The van der Waals surface area contributed by atoms with Crippen LogP contribution in [0.25, 0.3) is 0 Å². The van der Waals surface area contributed by atoms with E-state index in [1.165, 1.54) is 6.07 Å². The molecule has 0 bridgehead atoms. The fourth-order valence-corrected chi connectivity index (χ4v) is 1.09. The third-order valence-electron chi connectivity index (χ3n) is 1.80. The second-order valence-electron chi connectivity index (χ2n) is 2.91. The van der Waals surface area contributed by atoms with Crippen molar-refractivity contribution in [3.63, 3.8) is 0 Å². The van der Waals surface area contributed by atoms with E-state index in [1.54, 1.807) is 0 Å². The van der Waals surface area contributed by atoms with E-state index in [0.29, 0.717) is 6.20 Å². The number of nitriles is 1. The van der Waals surface area contributed by atoms with Gasteiger partial charge >= 0.3 is 12.3 Å². The van der Waals surface area contributed by atoms with Crippen LogP contribution in [0.5, 0.6) is 5.75 Å². The monoisotopic (exact) mass is 261 g/mol. The number of nitrogens with two attached hydrogens (primary N) is 1. The Morgan fingerprint density at radius 2 is 2.17 bits per heavy atom. The third kappa shape index (κ3) is 2.79. The number of esters is 1. The summed E-state index contributed by atoms with van der Waals surface area (Å²) in [6.45, 7) is 0. The summed E-state index contributed by atoms with van der Waals surface area (Å²) in [6, 6.07) is 1.41. The molecular weight excluding hydrogens is 255 g/mol. The molecule has 2 N–H and O–H groups in total. The van der Waals surface area contributed by atoms with E-state index in [1.807, 2.05) is 0 Å². The average Bonchev–Trinajstić information content (AvgIpc) is 2.26. The molecule has 0 amide bonds. The Labute approximate surface area is 98.7 Å². The summed E-state index contributed by atoms with van der Waals surface area (Å²) in [6.07, 6.45) is -4.42. The lowest BCUT2D eigenvalue weighted by Crippen LogP contribution is -2.19. The van der Waals surface area contributed by atoms with E-state index < -0.39 is 35.0 Å². The number of pyridine rings is 1. The number of rotatable bonds is 2. The molecule has 1 rings (SSSR count). The second kappa shape index (κ2) is 4.79. The van der Waals surface area contributed by atoms with Crippen molar-refractivity contribution in [2.75, 3.05) is 12.8 Å². The SMILES string of the molecule is COC(=O)c1ncc(OC(F)(F)F)c(C#N)c1N. The Balaban J connectivity index is 3.31. The van der Waals surface area contributed by atoms with E-state index in [0.717, 1.165) is 7.11 Å². The van der Waals surface area contributed by atoms with Gasteiger partial charge in [0.1, 0.15) is 11.6 Å². The maximum Gasteiger partial charge on any atom is 0.573 e. The van der Waals surface area contributed by atoms with E-state index in [-0.39, 0.29) is 0 Å². The van der Waals surface area contributed by atoms with Gasteiger partial charge in [-0.3, -0.25) is 0 Å². The Hall–Kier alpha value is -2.50. The van der Waals surface area contributed by atoms with Crippen molar-refractivity contribution in [1.82, 2.24) is 4.98 Å². The predicted octanol–water partition coefficient (Wildman–Crippen LogP) is 1.22. The molecule has 0 fully saturated rings. The first kappa shape index (κ1) is 13.6. The Morgan fingerprint density at radius 1 is 1.56 bits per heavy atom. The molecule has 0 saturated heterocycles. The summed E-state index contributed by atoms with van der Waals surface area (Å²) < 4.78 is 43.9. The Kier molecular flexibility index (Phi) is 3.61. The number of carbonyl (C=O) groups is 1. The van der Waals surface area contributed by atoms with Crippen molar-refractivity contribution in [3.05, 3.63) is 17.5 Å². The summed E-state index contributed by atoms with van der Waals surface area (Å²) >= 11 is 0. The normalized spacial score (nSPS) is 10.6. The number of methoxy groups -OCH3 is 1. The molecule has 0 unspecified atom stereocenters. The molecule has 0 saturated carbocycles. The van der Waals surface area contributed by atoms with Crippen molar-refractivity contribution < 1.29 is 27.4 Å². The van der Waals surface area contributed by atoms with Gasteiger partial charge in [0.2, 0.25) is 0 Å². The van der Waals surface area contributed by atoms with Crippen LogP contribution in [0.1, 0.15) is 16.1 Å². The van der Waals surface area contributed by atoms with Gasteiger partial charge < -0.3 is 15.2 Å². The van der Waals surface area contributed by atoms with Crippen LogP contribution in [-0.2, 0) is 4.74 Å². The van der Waals surface area contributed by atoms with Crippen molar-refractivity contribution in [2.45, 2.75) is 6.36 Å². The van der Waals surface area contributed by atoms with Crippen LogP contribution in [0, 0.1) is 11.3 Å². The van der Waals surface area contributed by atoms with Gasteiger partial charge in [-0.25, -0.2) is 9.78 Å². The van der Waals surface area contributed by atoms with Gasteiger partial charge in [0, 0.05) is 0 Å². The second-order valence-corrected chi connectivity index (χ2v) is 2.91. The Morgan fingerprint density at radius 3 is 2.61 bits per heavy atom. The van der Waals surface area contributed by atoms with Crippen molar-refractivity contribution >= 4 is 11.7 Å². The zero-order chi connectivity index (χ0) is 13.9. The molecule has 1 aromatic heterocycles. The lowest BCUT2D eigenvalue weighted by Gasteiger charge is -2.12. The molecule has 18 heavy (non-hydrogen) atoms. The van der Waals surface area contributed by atoms with Gasteiger partial charge in [-0.2, -0.15) is 5.26 Å². The molecule has 1 aromatic rings. The minimum absolute atomic E-state index is 0.455. The first-order valence-electron chi connectivity index (χ1n) is 4.32. The van der Waals surface area contributed by atoms with Crippen LogP contribution in [0.4, 0.5) is 18.9 Å². The van der Waals surface area contributed by atoms with E-state index in [4.69, 9.17) is 11.0 Å². The molecule has 0 aromatic carbocycles. The van der Waals surface area contributed by atoms with Gasteiger partial charge in [-0.05, 0) is 0 Å². The lowest BCUT2D eigenvalue weighted by atomic mass is 10.2. The molecule has 1 heterocycles. The fraction of sp³-hybridized carbons (Fsp3) is 0.222. The summed E-state index contributed by atoms with van der Waals surface area (Å²) in [7, 11) is 1.04. The van der Waals surface area contributed by atoms with Crippen molar-refractivity contribution in [2.24, 2.45) is 0 Å². The number of aromatic nitrogens is 1. The predicted molar refractivity (Wildman–Crippen MR) is 51.4 cm³/mol. The molecule has 96 valence electrons. The zero-order valence-electron chi connectivity index (χ0n) is 8.91. The quantitative estimate of drug-likeness (QED) is 0.803. The number of carbonyl (C=O) groups excluding carboxylic acids is 1. The molecule has 0 aliphatic carbocycles. The molecule has 0 radical (unpaired) electrons. The van der Waals surface area contributed by atoms with Crippen LogP contribution in [0.2, 0.25) is 0 Å². The molecule has 9 heteroatoms. The standard InChI is InChI=1S/C9H6F3N3O3/c1-17-8(16)7-6(14)4(2-13)5(3-15-7)18-9(10,11)12/h3H,14H2,1H3. The van der Waals surface area contributed by atoms with Gasteiger partial charge in [-0.1, -0.05) is 0 Å². The number of alkyl halides is 3. The highest BCUT2D eigenvalue weighted by atomic mass is 19.4. The van der Waals surface area contributed by atoms with E-state index in [2.05, 4.69) is 14.5 Å². The largest absolute Gasteiger partial charge is 0.573 e. The highest BCUT2D eigenvalue weighted by Gasteiger charge is 2.33.